The van der Waals surface area contributed by atoms with Gasteiger partial charge in [0.25, 0.3) is 0 Å². The number of amides is 1. The number of carbonyl (C=O) groups excluding carboxylic acids is 2. The lowest BCUT2D eigenvalue weighted by Crippen LogP contribution is -2.17. The van der Waals surface area contributed by atoms with Gasteiger partial charge in [0, 0.05) is 35.6 Å². The van der Waals surface area contributed by atoms with E-state index in [1.165, 1.54) is 36.9 Å². The number of hydrogen-bond donors (Lipinski definition) is 3. The number of halogens is 1. The third-order valence-electron chi connectivity index (χ3n) is 6.18. The predicted octanol–water partition coefficient (Wildman–Crippen LogP) is 5.62. The first-order chi connectivity index (χ1) is 18.8. The Balaban J connectivity index is 1.44. The van der Waals surface area contributed by atoms with Gasteiger partial charge in [-0.3, -0.25) is 24.7 Å². The monoisotopic (exact) mass is 540 g/mol. The number of aromatic nitrogens is 7. The van der Waals surface area contributed by atoms with E-state index in [0.29, 0.717) is 44.4 Å². The number of H-pyrrole nitrogens is 2. The number of pyridine rings is 3. The zero-order chi connectivity index (χ0) is 27.3. The molecule has 0 spiro atoms. The molecule has 0 saturated carbocycles. The van der Waals surface area contributed by atoms with Crippen molar-refractivity contribution < 1.29 is 14.0 Å². The smallest absolute Gasteiger partial charge is 0.226 e. The second-order valence-electron chi connectivity index (χ2n) is 9.25. The molecule has 0 unspecified atom stereocenters. The van der Waals surface area contributed by atoms with Crippen LogP contribution in [0.4, 0.5) is 10.1 Å². The minimum absolute atomic E-state index is 0.0214. The third kappa shape index (κ3) is 4.34. The summed E-state index contributed by atoms with van der Waals surface area (Å²) in [6.07, 6.45) is 6.05. The van der Waals surface area contributed by atoms with Crippen molar-refractivity contribution in [3.63, 3.8) is 0 Å². The number of nitrogens with one attached hydrogen (secondary N) is 3. The molecule has 10 nitrogen and oxygen atoms in total. The molecule has 0 bridgehead atoms. The number of ketones is 1. The van der Waals surface area contributed by atoms with Gasteiger partial charge in [-0.1, -0.05) is 13.8 Å². The fraction of sp³-hybridized carbons (Fsp3) is 0.148. The quantitative estimate of drug-likeness (QED) is 0.233. The van der Waals surface area contributed by atoms with Crippen molar-refractivity contribution in [2.24, 2.45) is 5.92 Å². The average molecular weight is 541 g/mol. The number of carbonyl (C=O) groups is 2. The molecule has 0 aliphatic carbocycles. The number of fused-ring (bicyclic) bond motifs is 2. The minimum Gasteiger partial charge on any atom is -0.337 e. The number of Topliss-reactive ketones (excluding diaryl/α,β-unsaturated/α-hetero) is 1. The first kappa shape index (κ1) is 24.5. The highest BCUT2D eigenvalue weighted by Crippen LogP contribution is 2.35. The second-order valence-corrected chi connectivity index (χ2v) is 10.3. The third-order valence-corrected chi connectivity index (χ3v) is 7.38. The summed E-state index contributed by atoms with van der Waals surface area (Å²) in [7, 11) is 0. The van der Waals surface area contributed by atoms with E-state index in [1.54, 1.807) is 38.2 Å². The van der Waals surface area contributed by atoms with Gasteiger partial charge in [-0.15, -0.1) is 11.3 Å². The molecular formula is C27H21FN8O2S. The Morgan fingerprint density at radius 3 is 2.72 bits per heavy atom. The van der Waals surface area contributed by atoms with Crippen LogP contribution in [0.1, 0.15) is 30.4 Å². The number of imidazole rings is 1. The van der Waals surface area contributed by atoms with Gasteiger partial charge in [-0.2, -0.15) is 5.10 Å². The van der Waals surface area contributed by atoms with Gasteiger partial charge in [-0.05, 0) is 31.2 Å². The molecule has 0 aliphatic heterocycles. The van der Waals surface area contributed by atoms with E-state index in [1.807, 2.05) is 6.07 Å². The van der Waals surface area contributed by atoms with Crippen LogP contribution >= 0.6 is 11.3 Å². The summed E-state index contributed by atoms with van der Waals surface area (Å²) < 4.78 is 16.0. The van der Waals surface area contributed by atoms with Crippen molar-refractivity contribution in [2.75, 3.05) is 5.32 Å². The van der Waals surface area contributed by atoms with E-state index in [9.17, 15) is 9.59 Å². The Labute approximate surface area is 224 Å². The molecule has 6 aromatic heterocycles. The van der Waals surface area contributed by atoms with Gasteiger partial charge in [0.15, 0.2) is 17.3 Å². The molecule has 0 saturated heterocycles. The number of aromatic amines is 2. The SMILES string of the molecule is CC(=O)c1ccc(-c2nccc3[nH]c(-c4[nH]nc5ncc(-c6cncc(NC(=O)C(C)C)c6)c(F)c45)nc23)s1. The Bertz CT molecular complexity index is 1900. The van der Waals surface area contributed by atoms with Crippen molar-refractivity contribution in [3.05, 3.63) is 59.7 Å². The molecule has 0 atom stereocenters. The van der Waals surface area contributed by atoms with Crippen LogP contribution < -0.4 is 5.32 Å². The van der Waals surface area contributed by atoms with Crippen LogP contribution in [0.5, 0.6) is 0 Å². The molecule has 0 fully saturated rings. The maximum Gasteiger partial charge on any atom is 0.226 e. The van der Waals surface area contributed by atoms with Crippen LogP contribution in [0.25, 0.3) is 55.3 Å². The first-order valence-corrected chi connectivity index (χ1v) is 12.9. The lowest BCUT2D eigenvalue weighted by atomic mass is 10.1. The summed E-state index contributed by atoms with van der Waals surface area (Å²) in [5.74, 6) is -0.599. The highest BCUT2D eigenvalue weighted by molar-refractivity contribution is 7.17. The largest absolute Gasteiger partial charge is 0.337 e. The molecule has 0 radical (unpaired) electrons. The summed E-state index contributed by atoms with van der Waals surface area (Å²) in [5, 5.41) is 9.98. The first-order valence-electron chi connectivity index (χ1n) is 12.0. The number of anilines is 1. The van der Waals surface area contributed by atoms with Crippen molar-refractivity contribution >= 4 is 50.8 Å². The van der Waals surface area contributed by atoms with Crippen molar-refractivity contribution in [3.8, 4) is 33.2 Å². The lowest BCUT2D eigenvalue weighted by Gasteiger charge is -2.09. The van der Waals surface area contributed by atoms with E-state index < -0.39 is 5.82 Å². The number of thiophene rings is 1. The molecule has 6 heterocycles. The predicted molar refractivity (Wildman–Crippen MR) is 147 cm³/mol. The normalized spacial score (nSPS) is 11.5. The molecule has 6 rings (SSSR count). The average Bonchev–Trinajstić information content (AvgIpc) is 3.66. The van der Waals surface area contributed by atoms with Crippen molar-refractivity contribution in [1.29, 1.82) is 0 Å². The Morgan fingerprint density at radius 1 is 1.10 bits per heavy atom. The number of nitrogens with zero attached hydrogens (tertiary/aromatic N) is 5. The Kier molecular flexibility index (Phi) is 5.95. The summed E-state index contributed by atoms with van der Waals surface area (Å²) in [6.45, 7) is 5.08. The van der Waals surface area contributed by atoms with Gasteiger partial charge in [-0.25, -0.2) is 14.4 Å². The van der Waals surface area contributed by atoms with E-state index >= 15 is 4.39 Å². The van der Waals surface area contributed by atoms with Crippen LogP contribution in [-0.4, -0.2) is 46.8 Å². The van der Waals surface area contributed by atoms with Gasteiger partial charge < -0.3 is 10.3 Å². The summed E-state index contributed by atoms with van der Waals surface area (Å²) in [6, 6.07) is 7.02. The molecule has 0 aliphatic rings. The number of rotatable bonds is 6. The Hall–Kier alpha value is -4.84. The fourth-order valence-corrected chi connectivity index (χ4v) is 5.05. The van der Waals surface area contributed by atoms with Gasteiger partial charge in [0.2, 0.25) is 5.91 Å². The molecule has 12 heteroatoms. The zero-order valence-electron chi connectivity index (χ0n) is 21.0. The van der Waals surface area contributed by atoms with E-state index in [0.717, 1.165) is 4.88 Å². The molecule has 1 amide bonds. The van der Waals surface area contributed by atoms with Gasteiger partial charge >= 0.3 is 0 Å². The highest BCUT2D eigenvalue weighted by atomic mass is 32.1. The molecule has 0 aromatic carbocycles. The van der Waals surface area contributed by atoms with Gasteiger partial charge in [0.1, 0.15) is 22.7 Å². The molecule has 3 N–H and O–H groups in total. The second kappa shape index (κ2) is 9.48. The highest BCUT2D eigenvalue weighted by Gasteiger charge is 2.22. The van der Waals surface area contributed by atoms with Crippen molar-refractivity contribution in [1.82, 2.24) is 35.1 Å². The summed E-state index contributed by atoms with van der Waals surface area (Å²) in [4.78, 5) is 46.3. The van der Waals surface area contributed by atoms with Crippen LogP contribution in [0.2, 0.25) is 0 Å². The zero-order valence-corrected chi connectivity index (χ0v) is 21.9. The number of hydrogen-bond acceptors (Lipinski definition) is 8. The van der Waals surface area contributed by atoms with E-state index in [2.05, 4.69) is 35.5 Å². The van der Waals surface area contributed by atoms with Crippen LogP contribution in [-0.2, 0) is 4.79 Å². The topological polar surface area (TPSA) is 142 Å². The van der Waals surface area contributed by atoms with E-state index in [-0.39, 0.29) is 34.2 Å². The van der Waals surface area contributed by atoms with E-state index in [4.69, 9.17) is 4.98 Å². The van der Waals surface area contributed by atoms with Gasteiger partial charge in [0.05, 0.1) is 32.5 Å². The van der Waals surface area contributed by atoms with Crippen LogP contribution in [0.15, 0.2) is 49.1 Å². The Morgan fingerprint density at radius 2 is 1.95 bits per heavy atom. The molecule has 194 valence electrons. The summed E-state index contributed by atoms with van der Waals surface area (Å²) >= 11 is 1.34. The maximum absolute atomic E-state index is 16.0. The molecule has 6 aromatic rings. The summed E-state index contributed by atoms with van der Waals surface area (Å²) in [5.41, 5.74) is 3.50. The standard InChI is InChI=1S/C27H21FN8O2S/c1-12(2)27(38)32-15-8-14(9-29-10-15)16-11-31-25-20(21(16)28)24(35-36-25)26-33-17-6-7-30-23(22(17)34-26)19-5-4-18(39-19)13(3)37/h4-12H,1-3H3,(H,32,38)(H,33,34)(H,31,35,36). The van der Waals surface area contributed by atoms with Crippen molar-refractivity contribution in [2.45, 2.75) is 20.8 Å². The maximum atomic E-state index is 16.0. The molecular weight excluding hydrogens is 519 g/mol. The van der Waals surface area contributed by atoms with Crippen LogP contribution in [0.3, 0.4) is 0 Å². The van der Waals surface area contributed by atoms with Crippen LogP contribution in [0, 0.1) is 11.7 Å². The lowest BCUT2D eigenvalue weighted by molar-refractivity contribution is -0.118. The fourth-order valence-electron chi connectivity index (χ4n) is 4.15. The minimum atomic E-state index is -0.555. The molecule has 39 heavy (non-hydrogen) atoms.